The SMILES string of the molecule is CC1(C#N)SCCCS1. The zero-order valence-corrected chi connectivity index (χ0v) is 7.02. The van der Waals surface area contributed by atoms with E-state index < -0.39 is 0 Å². The van der Waals surface area contributed by atoms with Crippen molar-refractivity contribution in [1.82, 2.24) is 0 Å². The van der Waals surface area contributed by atoms with Crippen molar-refractivity contribution in [3.8, 4) is 6.07 Å². The Balaban J connectivity index is 2.49. The Labute approximate surface area is 64.2 Å². The van der Waals surface area contributed by atoms with Gasteiger partial charge in [-0.1, -0.05) is 0 Å². The Morgan fingerprint density at radius 3 is 2.33 bits per heavy atom. The molecule has 0 aromatic carbocycles. The minimum absolute atomic E-state index is 0.141. The van der Waals surface area contributed by atoms with Gasteiger partial charge in [0.1, 0.15) is 4.08 Å². The molecule has 0 amide bonds. The van der Waals surface area contributed by atoms with Crippen LogP contribution in [0.5, 0.6) is 0 Å². The average molecular weight is 159 g/mol. The molecule has 0 radical (unpaired) electrons. The highest BCUT2D eigenvalue weighted by atomic mass is 32.2. The molecule has 50 valence electrons. The first kappa shape index (κ1) is 7.30. The first-order chi connectivity index (χ1) is 4.27. The van der Waals surface area contributed by atoms with Gasteiger partial charge in [0.2, 0.25) is 0 Å². The molecular weight excluding hydrogens is 150 g/mol. The van der Waals surface area contributed by atoms with E-state index >= 15 is 0 Å². The van der Waals surface area contributed by atoms with Crippen LogP contribution in [0.15, 0.2) is 0 Å². The highest BCUT2D eigenvalue weighted by molar-refractivity contribution is 8.19. The molecule has 0 bridgehead atoms. The van der Waals surface area contributed by atoms with Gasteiger partial charge in [-0.2, -0.15) is 5.26 Å². The van der Waals surface area contributed by atoms with Crippen LogP contribution in [-0.4, -0.2) is 15.6 Å². The molecule has 0 aliphatic carbocycles. The number of thioether (sulfide) groups is 2. The van der Waals surface area contributed by atoms with Gasteiger partial charge in [0.25, 0.3) is 0 Å². The number of nitriles is 1. The molecule has 1 saturated heterocycles. The lowest BCUT2D eigenvalue weighted by molar-refractivity contribution is 1.05. The first-order valence-corrected chi connectivity index (χ1v) is 4.93. The van der Waals surface area contributed by atoms with Gasteiger partial charge in [-0.15, -0.1) is 23.5 Å². The van der Waals surface area contributed by atoms with Crippen molar-refractivity contribution in [2.45, 2.75) is 17.4 Å². The van der Waals surface area contributed by atoms with Crippen molar-refractivity contribution in [3.63, 3.8) is 0 Å². The quantitative estimate of drug-likeness (QED) is 0.541. The lowest BCUT2D eigenvalue weighted by Crippen LogP contribution is -2.17. The van der Waals surface area contributed by atoms with Gasteiger partial charge in [0.15, 0.2) is 0 Å². The number of hydrogen-bond acceptors (Lipinski definition) is 3. The van der Waals surface area contributed by atoms with Gasteiger partial charge in [-0.25, -0.2) is 0 Å². The maximum absolute atomic E-state index is 8.66. The minimum Gasteiger partial charge on any atom is -0.196 e. The van der Waals surface area contributed by atoms with Crippen molar-refractivity contribution in [1.29, 1.82) is 5.26 Å². The second-order valence-electron chi connectivity index (χ2n) is 2.11. The van der Waals surface area contributed by atoms with Gasteiger partial charge in [0.05, 0.1) is 6.07 Å². The van der Waals surface area contributed by atoms with Crippen LogP contribution in [-0.2, 0) is 0 Å². The van der Waals surface area contributed by atoms with Crippen LogP contribution >= 0.6 is 23.5 Å². The second kappa shape index (κ2) is 2.85. The molecule has 0 saturated carbocycles. The number of nitrogens with zero attached hydrogens (tertiary/aromatic N) is 1. The molecule has 0 aromatic rings. The van der Waals surface area contributed by atoms with E-state index in [0.29, 0.717) is 0 Å². The Kier molecular flexibility index (Phi) is 2.31. The molecule has 1 rings (SSSR count). The molecule has 3 heteroatoms. The Morgan fingerprint density at radius 1 is 1.44 bits per heavy atom. The van der Waals surface area contributed by atoms with Crippen LogP contribution in [0.4, 0.5) is 0 Å². The zero-order valence-electron chi connectivity index (χ0n) is 5.39. The van der Waals surface area contributed by atoms with E-state index in [2.05, 4.69) is 6.07 Å². The fraction of sp³-hybridized carbons (Fsp3) is 0.833. The predicted octanol–water partition coefficient (Wildman–Crippen LogP) is 2.10. The normalized spacial score (nSPS) is 24.9. The minimum atomic E-state index is -0.141. The lowest BCUT2D eigenvalue weighted by atomic mass is 10.5. The lowest BCUT2D eigenvalue weighted by Gasteiger charge is -2.24. The van der Waals surface area contributed by atoms with Crippen LogP contribution < -0.4 is 0 Å². The fourth-order valence-corrected chi connectivity index (χ4v) is 3.20. The molecule has 1 nitrogen and oxygen atoms in total. The van der Waals surface area contributed by atoms with E-state index in [1.165, 1.54) is 6.42 Å². The van der Waals surface area contributed by atoms with Crippen LogP contribution in [0.2, 0.25) is 0 Å². The maximum Gasteiger partial charge on any atom is 0.145 e. The van der Waals surface area contributed by atoms with Crippen LogP contribution in [0.25, 0.3) is 0 Å². The van der Waals surface area contributed by atoms with Gasteiger partial charge in [0, 0.05) is 0 Å². The largest absolute Gasteiger partial charge is 0.196 e. The summed E-state index contributed by atoms with van der Waals surface area (Å²) < 4.78 is -0.141. The van der Waals surface area contributed by atoms with Crippen LogP contribution in [0.1, 0.15) is 13.3 Å². The maximum atomic E-state index is 8.66. The second-order valence-corrected chi connectivity index (χ2v) is 5.39. The van der Waals surface area contributed by atoms with E-state index in [-0.39, 0.29) is 4.08 Å². The highest BCUT2D eigenvalue weighted by Crippen LogP contribution is 2.40. The summed E-state index contributed by atoms with van der Waals surface area (Å²) >= 11 is 3.53. The standard InChI is InChI=1S/C6H9NS2/c1-6(5-7)8-3-2-4-9-6/h2-4H2,1H3. The smallest absolute Gasteiger partial charge is 0.145 e. The summed E-state index contributed by atoms with van der Waals surface area (Å²) in [6.07, 6.45) is 1.26. The van der Waals surface area contributed by atoms with Crippen molar-refractivity contribution in [2.24, 2.45) is 0 Å². The van der Waals surface area contributed by atoms with E-state index in [0.717, 1.165) is 11.5 Å². The van der Waals surface area contributed by atoms with Gasteiger partial charge in [-0.3, -0.25) is 0 Å². The summed E-state index contributed by atoms with van der Waals surface area (Å²) in [5, 5.41) is 8.66. The van der Waals surface area contributed by atoms with Crippen molar-refractivity contribution < 1.29 is 0 Å². The Hall–Kier alpha value is 0.190. The molecule has 0 spiro atoms. The third kappa shape index (κ3) is 1.80. The van der Waals surface area contributed by atoms with E-state index in [4.69, 9.17) is 5.26 Å². The Bertz CT molecular complexity index is 132. The molecule has 1 fully saturated rings. The molecule has 0 N–H and O–H groups in total. The Morgan fingerprint density at radius 2 is 2.00 bits per heavy atom. The van der Waals surface area contributed by atoms with Gasteiger partial charge < -0.3 is 0 Å². The summed E-state index contributed by atoms with van der Waals surface area (Å²) in [7, 11) is 0. The van der Waals surface area contributed by atoms with Crippen molar-refractivity contribution in [2.75, 3.05) is 11.5 Å². The zero-order chi connectivity index (χ0) is 6.74. The predicted molar refractivity (Wildman–Crippen MR) is 43.6 cm³/mol. The van der Waals surface area contributed by atoms with Gasteiger partial charge >= 0.3 is 0 Å². The summed E-state index contributed by atoms with van der Waals surface area (Å²) in [5.41, 5.74) is 0. The summed E-state index contributed by atoms with van der Waals surface area (Å²) in [6, 6.07) is 2.31. The monoisotopic (exact) mass is 159 g/mol. The third-order valence-corrected chi connectivity index (χ3v) is 4.22. The number of hydrogen-bond donors (Lipinski definition) is 0. The molecule has 9 heavy (non-hydrogen) atoms. The van der Waals surface area contributed by atoms with Gasteiger partial charge in [-0.05, 0) is 24.9 Å². The molecule has 1 heterocycles. The van der Waals surface area contributed by atoms with Crippen molar-refractivity contribution >= 4 is 23.5 Å². The summed E-state index contributed by atoms with van der Waals surface area (Å²) in [5.74, 6) is 2.30. The third-order valence-electron chi connectivity index (χ3n) is 1.25. The summed E-state index contributed by atoms with van der Waals surface area (Å²) in [6.45, 7) is 2.00. The molecule has 1 aliphatic heterocycles. The topological polar surface area (TPSA) is 23.8 Å². The molecule has 0 atom stereocenters. The average Bonchev–Trinajstić information content (AvgIpc) is 1.90. The summed E-state index contributed by atoms with van der Waals surface area (Å²) in [4.78, 5) is 0. The fourth-order valence-electron chi connectivity index (χ4n) is 0.699. The van der Waals surface area contributed by atoms with E-state index in [1.54, 1.807) is 23.5 Å². The van der Waals surface area contributed by atoms with E-state index in [9.17, 15) is 0 Å². The highest BCUT2D eigenvalue weighted by Gasteiger charge is 2.27. The van der Waals surface area contributed by atoms with Crippen molar-refractivity contribution in [3.05, 3.63) is 0 Å². The van der Waals surface area contributed by atoms with E-state index in [1.807, 2.05) is 6.92 Å². The van der Waals surface area contributed by atoms with Crippen LogP contribution in [0.3, 0.4) is 0 Å². The molecule has 0 unspecified atom stereocenters. The molecular formula is C6H9NS2. The molecule has 1 aliphatic rings. The first-order valence-electron chi connectivity index (χ1n) is 2.96. The van der Waals surface area contributed by atoms with Crippen LogP contribution in [0, 0.1) is 11.3 Å². The number of rotatable bonds is 0. The molecule has 0 aromatic heterocycles.